The first-order valence-corrected chi connectivity index (χ1v) is 11.1. The number of pyridine rings is 1. The van der Waals surface area contributed by atoms with Gasteiger partial charge in [-0.2, -0.15) is 13.2 Å². The molecule has 13 heteroatoms. The first-order valence-electron chi connectivity index (χ1n) is 11.1. The Morgan fingerprint density at radius 3 is 2.46 bits per heavy atom. The standard InChI is InChI=1S/C24H22F4N6O3/c1-14-29-9-15(10-30-14)21(35)34-23(6-7-37-13-23)22(36)32-11-17-3-4-18(12-31-17)33-20-5-2-16(25)8-19(20)24(26,27)28/h2-5,8-10,12,33H,6-7,11,13H2,1H3,(H,32,36)(H,34,35)/t23-/m0/s1. The van der Waals surface area contributed by atoms with Crippen molar-refractivity contribution in [1.29, 1.82) is 0 Å². The number of nitrogens with zero attached hydrogens (tertiary/aromatic N) is 3. The van der Waals surface area contributed by atoms with Crippen LogP contribution in [0.4, 0.5) is 28.9 Å². The highest BCUT2D eigenvalue weighted by Crippen LogP contribution is 2.36. The molecule has 1 fully saturated rings. The van der Waals surface area contributed by atoms with E-state index in [1.54, 1.807) is 6.92 Å². The van der Waals surface area contributed by atoms with Gasteiger partial charge in [-0.1, -0.05) is 0 Å². The number of hydrogen-bond donors (Lipinski definition) is 3. The van der Waals surface area contributed by atoms with Gasteiger partial charge in [0.2, 0.25) is 5.91 Å². The van der Waals surface area contributed by atoms with Crippen LogP contribution in [0, 0.1) is 12.7 Å². The molecule has 0 aliphatic carbocycles. The van der Waals surface area contributed by atoms with E-state index in [-0.39, 0.29) is 43.1 Å². The highest BCUT2D eigenvalue weighted by Gasteiger charge is 2.44. The van der Waals surface area contributed by atoms with Crippen LogP contribution in [0.1, 0.15) is 33.9 Å². The van der Waals surface area contributed by atoms with E-state index in [4.69, 9.17) is 4.74 Å². The summed E-state index contributed by atoms with van der Waals surface area (Å²) in [7, 11) is 0. The van der Waals surface area contributed by atoms with Gasteiger partial charge < -0.3 is 20.7 Å². The fourth-order valence-electron chi connectivity index (χ4n) is 3.66. The van der Waals surface area contributed by atoms with Gasteiger partial charge in [0.05, 0.1) is 47.5 Å². The van der Waals surface area contributed by atoms with E-state index in [9.17, 15) is 27.2 Å². The minimum Gasteiger partial charge on any atom is -0.378 e. The lowest BCUT2D eigenvalue weighted by atomic mass is 9.96. The SMILES string of the molecule is Cc1ncc(C(=O)N[C@@]2(C(=O)NCc3ccc(Nc4ccc(F)cc4C(F)(F)F)cn3)CCOC2)cn1. The molecule has 0 radical (unpaired) electrons. The van der Waals surface area contributed by atoms with Crippen molar-refractivity contribution in [2.24, 2.45) is 0 Å². The van der Waals surface area contributed by atoms with E-state index in [2.05, 4.69) is 30.9 Å². The Kier molecular flexibility index (Phi) is 7.34. The van der Waals surface area contributed by atoms with Gasteiger partial charge in [0.1, 0.15) is 17.2 Å². The van der Waals surface area contributed by atoms with Crippen LogP contribution in [0.15, 0.2) is 48.9 Å². The Balaban J connectivity index is 1.39. The van der Waals surface area contributed by atoms with Crippen LogP contribution in [0.5, 0.6) is 0 Å². The second kappa shape index (κ2) is 10.5. The quantitative estimate of drug-likeness (QED) is 0.411. The first-order chi connectivity index (χ1) is 17.6. The third-order valence-corrected chi connectivity index (χ3v) is 5.67. The molecule has 1 aliphatic heterocycles. The zero-order chi connectivity index (χ0) is 26.6. The summed E-state index contributed by atoms with van der Waals surface area (Å²) >= 11 is 0. The Hall–Kier alpha value is -4.13. The Bertz CT molecular complexity index is 1280. The summed E-state index contributed by atoms with van der Waals surface area (Å²) in [4.78, 5) is 37.8. The van der Waals surface area contributed by atoms with Crippen LogP contribution < -0.4 is 16.0 Å². The van der Waals surface area contributed by atoms with E-state index in [1.165, 1.54) is 30.7 Å². The van der Waals surface area contributed by atoms with E-state index in [0.717, 1.165) is 12.1 Å². The van der Waals surface area contributed by atoms with Crippen molar-refractivity contribution < 1.29 is 31.9 Å². The van der Waals surface area contributed by atoms with Crippen molar-refractivity contribution in [3.63, 3.8) is 0 Å². The van der Waals surface area contributed by atoms with E-state index >= 15 is 0 Å². The fourth-order valence-corrected chi connectivity index (χ4v) is 3.66. The number of benzene rings is 1. The van der Waals surface area contributed by atoms with E-state index in [1.807, 2.05) is 0 Å². The Morgan fingerprint density at radius 1 is 1.08 bits per heavy atom. The summed E-state index contributed by atoms with van der Waals surface area (Å²) in [6.45, 7) is 1.93. The molecule has 194 valence electrons. The second-order valence-corrected chi connectivity index (χ2v) is 8.39. The molecule has 1 saturated heterocycles. The van der Waals surface area contributed by atoms with Gasteiger partial charge in [-0.3, -0.25) is 14.6 Å². The number of nitrogens with one attached hydrogen (secondary N) is 3. The number of aryl methyl sites for hydroxylation is 1. The summed E-state index contributed by atoms with van der Waals surface area (Å²) < 4.78 is 58.3. The zero-order valence-electron chi connectivity index (χ0n) is 19.5. The number of aromatic nitrogens is 3. The molecular weight excluding hydrogens is 496 g/mol. The summed E-state index contributed by atoms with van der Waals surface area (Å²) in [6.07, 6.45) is -0.473. The predicted molar refractivity (Wildman–Crippen MR) is 123 cm³/mol. The Labute approximate surface area is 208 Å². The van der Waals surface area contributed by atoms with Gasteiger partial charge in [0, 0.05) is 25.4 Å². The van der Waals surface area contributed by atoms with Crippen LogP contribution in [-0.4, -0.2) is 45.5 Å². The monoisotopic (exact) mass is 518 g/mol. The van der Waals surface area contributed by atoms with E-state index in [0.29, 0.717) is 17.6 Å². The van der Waals surface area contributed by atoms with Crippen LogP contribution in [0.2, 0.25) is 0 Å². The highest BCUT2D eigenvalue weighted by atomic mass is 19.4. The number of rotatable bonds is 7. The molecule has 1 aromatic carbocycles. The highest BCUT2D eigenvalue weighted by molar-refractivity contribution is 5.99. The smallest absolute Gasteiger partial charge is 0.378 e. The van der Waals surface area contributed by atoms with Crippen molar-refractivity contribution in [2.45, 2.75) is 31.6 Å². The van der Waals surface area contributed by atoms with Crippen LogP contribution >= 0.6 is 0 Å². The molecule has 2 aromatic heterocycles. The van der Waals surface area contributed by atoms with Crippen LogP contribution in [0.25, 0.3) is 0 Å². The number of halogens is 4. The van der Waals surface area contributed by atoms with Crippen LogP contribution in [0.3, 0.4) is 0 Å². The van der Waals surface area contributed by atoms with Crippen molar-refractivity contribution in [2.75, 3.05) is 18.5 Å². The number of carbonyl (C=O) groups excluding carboxylic acids is 2. The number of amides is 2. The molecule has 0 saturated carbocycles. The Morgan fingerprint density at radius 2 is 1.84 bits per heavy atom. The molecule has 0 bridgehead atoms. The lowest BCUT2D eigenvalue weighted by Gasteiger charge is -2.27. The van der Waals surface area contributed by atoms with Crippen molar-refractivity contribution in [1.82, 2.24) is 25.6 Å². The van der Waals surface area contributed by atoms with Crippen molar-refractivity contribution >= 4 is 23.2 Å². The molecule has 3 aromatic rings. The van der Waals surface area contributed by atoms with Crippen molar-refractivity contribution in [3.8, 4) is 0 Å². The molecule has 2 amide bonds. The maximum atomic E-state index is 13.3. The summed E-state index contributed by atoms with van der Waals surface area (Å²) in [6, 6.07) is 5.31. The minimum absolute atomic E-state index is 0.00523. The molecule has 37 heavy (non-hydrogen) atoms. The van der Waals surface area contributed by atoms with Crippen LogP contribution in [-0.2, 0) is 22.3 Å². The lowest BCUT2D eigenvalue weighted by molar-refractivity contribution is -0.137. The summed E-state index contributed by atoms with van der Waals surface area (Å²) in [5, 5.41) is 8.01. The number of ether oxygens (including phenoxy) is 1. The summed E-state index contributed by atoms with van der Waals surface area (Å²) in [5.74, 6) is -1.50. The number of hydrogen-bond acceptors (Lipinski definition) is 7. The van der Waals surface area contributed by atoms with Crippen molar-refractivity contribution in [3.05, 3.63) is 77.4 Å². The molecular formula is C24H22F4N6O3. The average molecular weight is 518 g/mol. The van der Waals surface area contributed by atoms with Gasteiger partial charge in [-0.05, 0) is 37.3 Å². The number of alkyl halides is 3. The molecule has 1 aliphatic rings. The van der Waals surface area contributed by atoms with Gasteiger partial charge in [-0.25, -0.2) is 14.4 Å². The topological polar surface area (TPSA) is 118 Å². The molecule has 9 nitrogen and oxygen atoms in total. The molecule has 0 unspecified atom stereocenters. The molecule has 0 spiro atoms. The normalized spacial score (nSPS) is 17.3. The van der Waals surface area contributed by atoms with E-state index < -0.39 is 34.9 Å². The lowest BCUT2D eigenvalue weighted by Crippen LogP contribution is -2.59. The third-order valence-electron chi connectivity index (χ3n) is 5.67. The second-order valence-electron chi connectivity index (χ2n) is 8.39. The largest absolute Gasteiger partial charge is 0.418 e. The van der Waals surface area contributed by atoms with Gasteiger partial charge in [0.25, 0.3) is 5.91 Å². The molecule has 3 N–H and O–H groups in total. The fraction of sp³-hybridized carbons (Fsp3) is 0.292. The van der Waals surface area contributed by atoms with Gasteiger partial charge in [-0.15, -0.1) is 0 Å². The molecule has 1 atom stereocenters. The predicted octanol–water partition coefficient (Wildman–Crippen LogP) is 3.29. The zero-order valence-corrected chi connectivity index (χ0v) is 19.5. The average Bonchev–Trinajstić information content (AvgIpc) is 3.34. The summed E-state index contributed by atoms with van der Waals surface area (Å²) in [5.41, 5.74) is -1.91. The molecule has 4 rings (SSSR count). The number of anilines is 2. The van der Waals surface area contributed by atoms with Gasteiger partial charge >= 0.3 is 6.18 Å². The third kappa shape index (κ3) is 6.17. The minimum atomic E-state index is -4.75. The van der Waals surface area contributed by atoms with Gasteiger partial charge in [0.15, 0.2) is 0 Å². The maximum Gasteiger partial charge on any atom is 0.418 e. The first kappa shape index (κ1) is 25.9. The number of carbonyl (C=O) groups is 2. The maximum absolute atomic E-state index is 13.3. The molecule has 3 heterocycles.